The zero-order chi connectivity index (χ0) is 13.4. The molecule has 0 fully saturated rings. The summed E-state index contributed by atoms with van der Waals surface area (Å²) in [4.78, 5) is 11.3. The number of hydrogen-bond acceptors (Lipinski definition) is 2. The van der Waals surface area contributed by atoms with Crippen molar-refractivity contribution in [2.45, 2.75) is 25.4 Å². The lowest BCUT2D eigenvalue weighted by Gasteiger charge is -2.07. The molecule has 2 nitrogen and oxygen atoms in total. The van der Waals surface area contributed by atoms with Crippen LogP contribution in [0.2, 0.25) is 0 Å². The van der Waals surface area contributed by atoms with Gasteiger partial charge in [0.05, 0.1) is 13.1 Å². The number of ketones is 1. The quantitative estimate of drug-likeness (QED) is 0.815. The summed E-state index contributed by atoms with van der Waals surface area (Å²) in [5.41, 5.74) is 1.13. The predicted octanol–water partition coefficient (Wildman–Crippen LogP) is 2.73. The van der Waals surface area contributed by atoms with Crippen LogP contribution >= 0.6 is 0 Å². The van der Waals surface area contributed by atoms with E-state index in [2.05, 4.69) is 5.32 Å². The molecule has 0 radical (unpaired) electrons. The van der Waals surface area contributed by atoms with E-state index in [1.54, 1.807) is 0 Å². The molecule has 0 saturated carbocycles. The van der Waals surface area contributed by atoms with Crippen LogP contribution in [0.25, 0.3) is 0 Å². The Labute approximate surface area is 104 Å². The molecule has 0 amide bonds. The summed E-state index contributed by atoms with van der Waals surface area (Å²) in [6.45, 7) is -1.33. The van der Waals surface area contributed by atoms with E-state index in [1.165, 1.54) is 0 Å². The SMILES string of the molecule is O=C(CCCc1ccccc1)CNCC(F)(F)F. The van der Waals surface area contributed by atoms with Crippen LogP contribution in [0.3, 0.4) is 0 Å². The fourth-order valence-corrected chi connectivity index (χ4v) is 1.57. The Kier molecular flexibility index (Phi) is 5.85. The predicted molar refractivity (Wildman–Crippen MR) is 63.3 cm³/mol. The molecule has 1 aromatic rings. The standard InChI is InChI=1S/C13H16F3NO/c14-13(15,16)10-17-9-12(18)8-4-7-11-5-2-1-3-6-11/h1-3,5-6,17H,4,7-10H2. The Balaban J connectivity index is 2.11. The van der Waals surface area contributed by atoms with Gasteiger partial charge in [-0.25, -0.2) is 0 Å². The maximum atomic E-state index is 11.8. The van der Waals surface area contributed by atoms with Gasteiger partial charge in [0.1, 0.15) is 5.78 Å². The topological polar surface area (TPSA) is 29.1 Å². The van der Waals surface area contributed by atoms with Gasteiger partial charge in [0, 0.05) is 6.42 Å². The summed E-state index contributed by atoms with van der Waals surface area (Å²) in [5.74, 6) is -0.185. The fraction of sp³-hybridized carbons (Fsp3) is 0.462. The number of aryl methyl sites for hydroxylation is 1. The van der Waals surface area contributed by atoms with Crippen molar-refractivity contribution in [3.8, 4) is 0 Å². The van der Waals surface area contributed by atoms with Gasteiger partial charge in [-0.1, -0.05) is 30.3 Å². The Bertz CT molecular complexity index is 362. The van der Waals surface area contributed by atoms with Crippen LogP contribution in [0.5, 0.6) is 0 Å². The molecule has 0 spiro atoms. The van der Waals surface area contributed by atoms with Gasteiger partial charge >= 0.3 is 6.18 Å². The molecular weight excluding hydrogens is 243 g/mol. The summed E-state index contributed by atoms with van der Waals surface area (Å²) >= 11 is 0. The Morgan fingerprint density at radius 2 is 1.83 bits per heavy atom. The van der Waals surface area contributed by atoms with Crippen molar-refractivity contribution in [3.63, 3.8) is 0 Å². The Morgan fingerprint density at radius 1 is 1.17 bits per heavy atom. The number of carbonyl (C=O) groups is 1. The maximum absolute atomic E-state index is 11.8. The molecule has 0 aliphatic rings. The summed E-state index contributed by atoms with van der Waals surface area (Å²) < 4.78 is 35.4. The lowest BCUT2D eigenvalue weighted by atomic mass is 10.1. The Morgan fingerprint density at radius 3 is 2.44 bits per heavy atom. The second-order valence-corrected chi connectivity index (χ2v) is 4.10. The molecule has 1 N–H and O–H groups in total. The normalized spacial score (nSPS) is 11.5. The highest BCUT2D eigenvalue weighted by molar-refractivity contribution is 5.80. The summed E-state index contributed by atoms with van der Waals surface area (Å²) in [6, 6.07) is 9.68. The monoisotopic (exact) mass is 259 g/mol. The highest BCUT2D eigenvalue weighted by Gasteiger charge is 2.26. The van der Waals surface area contributed by atoms with E-state index in [-0.39, 0.29) is 12.3 Å². The number of Topliss-reactive ketones (excluding diaryl/α,β-unsaturated/α-hetero) is 1. The lowest BCUT2D eigenvalue weighted by molar-refractivity contribution is -0.127. The summed E-state index contributed by atoms with van der Waals surface area (Å²) in [6.07, 6.45) is -2.52. The van der Waals surface area contributed by atoms with Crippen molar-refractivity contribution in [2.24, 2.45) is 0 Å². The number of halogens is 3. The minimum atomic E-state index is -4.26. The molecule has 0 bridgehead atoms. The first-order valence-corrected chi connectivity index (χ1v) is 5.80. The van der Waals surface area contributed by atoms with Crippen LogP contribution in [0.1, 0.15) is 18.4 Å². The van der Waals surface area contributed by atoms with Crippen LogP contribution < -0.4 is 5.32 Å². The zero-order valence-corrected chi connectivity index (χ0v) is 9.96. The van der Waals surface area contributed by atoms with Crippen molar-refractivity contribution in [1.29, 1.82) is 0 Å². The van der Waals surface area contributed by atoms with Crippen LogP contribution in [-0.4, -0.2) is 25.0 Å². The number of benzene rings is 1. The van der Waals surface area contributed by atoms with E-state index in [0.29, 0.717) is 12.8 Å². The molecule has 0 atom stereocenters. The average Bonchev–Trinajstić information content (AvgIpc) is 2.28. The van der Waals surface area contributed by atoms with Gasteiger partial charge in [-0.05, 0) is 18.4 Å². The molecule has 100 valence electrons. The molecule has 5 heteroatoms. The van der Waals surface area contributed by atoms with Crippen LogP contribution in [-0.2, 0) is 11.2 Å². The first-order valence-electron chi connectivity index (χ1n) is 5.80. The van der Waals surface area contributed by atoms with Gasteiger partial charge in [-0.15, -0.1) is 0 Å². The molecule has 0 aliphatic carbocycles. The molecule has 18 heavy (non-hydrogen) atoms. The van der Waals surface area contributed by atoms with Crippen LogP contribution in [0.15, 0.2) is 30.3 Å². The fourth-order valence-electron chi connectivity index (χ4n) is 1.57. The van der Waals surface area contributed by atoms with E-state index in [9.17, 15) is 18.0 Å². The largest absolute Gasteiger partial charge is 0.401 e. The zero-order valence-electron chi connectivity index (χ0n) is 9.96. The van der Waals surface area contributed by atoms with Crippen molar-refractivity contribution < 1.29 is 18.0 Å². The van der Waals surface area contributed by atoms with E-state index in [1.807, 2.05) is 30.3 Å². The number of alkyl halides is 3. The third-order valence-electron chi connectivity index (χ3n) is 2.41. The third-order valence-corrected chi connectivity index (χ3v) is 2.41. The first-order chi connectivity index (χ1) is 8.47. The Hall–Kier alpha value is -1.36. The minimum absolute atomic E-state index is 0.185. The molecule has 0 saturated heterocycles. The average molecular weight is 259 g/mol. The number of rotatable bonds is 7. The number of nitrogens with one attached hydrogen (secondary N) is 1. The second-order valence-electron chi connectivity index (χ2n) is 4.10. The first kappa shape index (κ1) is 14.7. The van der Waals surface area contributed by atoms with Crippen molar-refractivity contribution >= 4 is 5.78 Å². The van der Waals surface area contributed by atoms with Crippen molar-refractivity contribution in [3.05, 3.63) is 35.9 Å². The molecule has 0 aromatic heterocycles. The molecular formula is C13H16F3NO. The third kappa shape index (κ3) is 7.06. The minimum Gasteiger partial charge on any atom is -0.302 e. The highest BCUT2D eigenvalue weighted by Crippen LogP contribution is 2.12. The van der Waals surface area contributed by atoms with E-state index < -0.39 is 12.7 Å². The van der Waals surface area contributed by atoms with Crippen molar-refractivity contribution in [1.82, 2.24) is 5.32 Å². The van der Waals surface area contributed by atoms with Gasteiger partial charge in [0.2, 0.25) is 0 Å². The van der Waals surface area contributed by atoms with E-state index in [0.717, 1.165) is 12.0 Å². The molecule has 0 heterocycles. The van der Waals surface area contributed by atoms with Gasteiger partial charge in [0.15, 0.2) is 0 Å². The molecule has 1 rings (SSSR count). The number of carbonyl (C=O) groups excluding carboxylic acids is 1. The van der Waals surface area contributed by atoms with Gasteiger partial charge < -0.3 is 5.32 Å². The molecule has 1 aromatic carbocycles. The van der Waals surface area contributed by atoms with Crippen molar-refractivity contribution in [2.75, 3.05) is 13.1 Å². The second kappa shape index (κ2) is 7.16. The summed E-state index contributed by atoms with van der Waals surface area (Å²) in [5, 5.41) is 2.10. The maximum Gasteiger partial charge on any atom is 0.401 e. The smallest absolute Gasteiger partial charge is 0.302 e. The summed E-state index contributed by atoms with van der Waals surface area (Å²) in [7, 11) is 0. The van der Waals surface area contributed by atoms with Gasteiger partial charge in [-0.3, -0.25) is 4.79 Å². The molecule has 0 aliphatic heterocycles. The lowest BCUT2D eigenvalue weighted by Crippen LogP contribution is -2.32. The number of hydrogen-bond donors (Lipinski definition) is 1. The molecule has 0 unspecified atom stereocenters. The van der Waals surface area contributed by atoms with Crippen LogP contribution in [0, 0.1) is 0 Å². The van der Waals surface area contributed by atoms with Gasteiger partial charge in [0.25, 0.3) is 0 Å². The van der Waals surface area contributed by atoms with E-state index >= 15 is 0 Å². The van der Waals surface area contributed by atoms with Crippen LogP contribution in [0.4, 0.5) is 13.2 Å². The van der Waals surface area contributed by atoms with Gasteiger partial charge in [-0.2, -0.15) is 13.2 Å². The van der Waals surface area contributed by atoms with E-state index in [4.69, 9.17) is 0 Å². The highest BCUT2D eigenvalue weighted by atomic mass is 19.4.